The van der Waals surface area contributed by atoms with Crippen molar-refractivity contribution in [3.05, 3.63) is 29.8 Å². The van der Waals surface area contributed by atoms with Crippen molar-refractivity contribution >= 4 is 11.6 Å². The molecule has 1 aliphatic heterocycles. The zero-order valence-electron chi connectivity index (χ0n) is 12.1. The number of benzene rings is 1. The van der Waals surface area contributed by atoms with E-state index in [0.29, 0.717) is 6.54 Å². The normalized spacial score (nSPS) is 26.4. The number of hydrogen-bond acceptors (Lipinski definition) is 2. The van der Waals surface area contributed by atoms with E-state index in [1.54, 1.807) is 0 Å². The van der Waals surface area contributed by atoms with E-state index < -0.39 is 0 Å². The SMILES string of the molecule is CC1(C)C(NC(=O)C2CNc3ccccc32)C1(C)C. The zero-order valence-corrected chi connectivity index (χ0v) is 12.1. The topological polar surface area (TPSA) is 41.1 Å². The lowest BCUT2D eigenvalue weighted by Crippen LogP contribution is -2.34. The van der Waals surface area contributed by atoms with Gasteiger partial charge in [-0.3, -0.25) is 4.79 Å². The molecule has 102 valence electrons. The van der Waals surface area contributed by atoms with Crippen molar-refractivity contribution < 1.29 is 4.79 Å². The summed E-state index contributed by atoms with van der Waals surface area (Å²) >= 11 is 0. The second kappa shape index (κ2) is 3.75. The van der Waals surface area contributed by atoms with Gasteiger partial charge in [0.1, 0.15) is 0 Å². The van der Waals surface area contributed by atoms with Crippen molar-refractivity contribution in [3.63, 3.8) is 0 Å². The number of anilines is 1. The Bertz CT molecular complexity index is 519. The molecule has 1 aromatic carbocycles. The summed E-state index contributed by atoms with van der Waals surface area (Å²) in [5, 5.41) is 6.54. The first-order valence-corrected chi connectivity index (χ1v) is 6.99. The maximum absolute atomic E-state index is 12.5. The summed E-state index contributed by atoms with van der Waals surface area (Å²) in [5.74, 6) is 0.101. The van der Waals surface area contributed by atoms with Gasteiger partial charge in [-0.1, -0.05) is 45.9 Å². The fourth-order valence-electron chi connectivity index (χ4n) is 3.32. The fourth-order valence-corrected chi connectivity index (χ4v) is 3.32. The molecule has 1 atom stereocenters. The molecule has 1 saturated carbocycles. The van der Waals surface area contributed by atoms with Crippen LogP contribution < -0.4 is 10.6 Å². The van der Waals surface area contributed by atoms with Gasteiger partial charge in [-0.05, 0) is 22.5 Å². The Morgan fingerprint density at radius 1 is 1.21 bits per heavy atom. The maximum Gasteiger partial charge on any atom is 0.229 e. The van der Waals surface area contributed by atoms with E-state index in [1.807, 2.05) is 24.3 Å². The molecule has 0 aromatic heterocycles. The molecule has 0 bridgehead atoms. The summed E-state index contributed by atoms with van der Waals surface area (Å²) in [7, 11) is 0. The predicted octanol–water partition coefficient (Wildman–Crippen LogP) is 2.75. The molecule has 0 spiro atoms. The van der Waals surface area contributed by atoms with Crippen molar-refractivity contribution in [2.45, 2.75) is 39.7 Å². The molecular weight excluding hydrogens is 236 g/mol. The number of hydrogen-bond donors (Lipinski definition) is 2. The summed E-state index contributed by atoms with van der Waals surface area (Å²) in [6.45, 7) is 9.59. The summed E-state index contributed by atoms with van der Waals surface area (Å²) in [4.78, 5) is 12.5. The van der Waals surface area contributed by atoms with Gasteiger partial charge in [0.25, 0.3) is 0 Å². The van der Waals surface area contributed by atoms with E-state index in [9.17, 15) is 4.79 Å². The quantitative estimate of drug-likeness (QED) is 0.856. The van der Waals surface area contributed by atoms with Gasteiger partial charge in [-0.2, -0.15) is 0 Å². The molecule has 19 heavy (non-hydrogen) atoms. The third kappa shape index (κ3) is 1.67. The third-order valence-electron chi connectivity index (χ3n) is 5.46. The van der Waals surface area contributed by atoms with Crippen molar-refractivity contribution in [1.29, 1.82) is 0 Å². The van der Waals surface area contributed by atoms with Crippen LogP contribution in [-0.2, 0) is 4.79 Å². The molecule has 1 heterocycles. The molecule has 0 radical (unpaired) electrons. The van der Waals surface area contributed by atoms with Gasteiger partial charge < -0.3 is 10.6 Å². The first-order valence-electron chi connectivity index (χ1n) is 6.99. The van der Waals surface area contributed by atoms with Gasteiger partial charge >= 0.3 is 0 Å². The van der Waals surface area contributed by atoms with Crippen LogP contribution in [0.15, 0.2) is 24.3 Å². The highest BCUT2D eigenvalue weighted by Crippen LogP contribution is 2.62. The molecule has 1 amide bonds. The van der Waals surface area contributed by atoms with Crippen molar-refractivity contribution in [3.8, 4) is 0 Å². The van der Waals surface area contributed by atoms with Crippen LogP contribution in [0, 0.1) is 10.8 Å². The van der Waals surface area contributed by atoms with E-state index in [-0.39, 0.29) is 28.7 Å². The number of carbonyl (C=O) groups excluding carboxylic acids is 1. The van der Waals surface area contributed by atoms with Crippen molar-refractivity contribution in [2.24, 2.45) is 10.8 Å². The van der Waals surface area contributed by atoms with E-state index in [4.69, 9.17) is 0 Å². The van der Waals surface area contributed by atoms with Crippen LogP contribution in [-0.4, -0.2) is 18.5 Å². The second-order valence-electron chi connectivity index (χ2n) is 6.91. The Morgan fingerprint density at radius 3 is 2.47 bits per heavy atom. The van der Waals surface area contributed by atoms with Gasteiger partial charge in [-0.15, -0.1) is 0 Å². The highest BCUT2D eigenvalue weighted by atomic mass is 16.2. The Morgan fingerprint density at radius 2 is 1.84 bits per heavy atom. The summed E-state index contributed by atoms with van der Waals surface area (Å²) in [5.41, 5.74) is 2.59. The Labute approximate surface area is 114 Å². The minimum absolute atomic E-state index is 0.0524. The third-order valence-corrected chi connectivity index (χ3v) is 5.46. The Hall–Kier alpha value is -1.51. The molecule has 2 aliphatic rings. The molecule has 1 aromatic rings. The molecule has 1 aliphatic carbocycles. The molecule has 2 N–H and O–H groups in total. The Balaban J connectivity index is 1.74. The highest BCUT2D eigenvalue weighted by molar-refractivity contribution is 5.88. The lowest BCUT2D eigenvalue weighted by Gasteiger charge is -2.12. The summed E-state index contributed by atoms with van der Waals surface area (Å²) < 4.78 is 0. The van der Waals surface area contributed by atoms with E-state index >= 15 is 0 Å². The molecule has 3 rings (SSSR count). The number of rotatable bonds is 2. The van der Waals surface area contributed by atoms with Gasteiger partial charge in [0.2, 0.25) is 5.91 Å². The smallest absolute Gasteiger partial charge is 0.229 e. The average Bonchev–Trinajstić information content (AvgIpc) is 2.73. The zero-order chi connectivity index (χ0) is 13.8. The molecule has 3 heteroatoms. The monoisotopic (exact) mass is 258 g/mol. The minimum Gasteiger partial charge on any atom is -0.384 e. The van der Waals surface area contributed by atoms with Crippen LogP contribution in [0.5, 0.6) is 0 Å². The molecular formula is C16H22N2O. The number of para-hydroxylation sites is 1. The minimum atomic E-state index is -0.0524. The number of nitrogens with one attached hydrogen (secondary N) is 2. The van der Waals surface area contributed by atoms with Gasteiger partial charge in [0, 0.05) is 18.3 Å². The molecule has 1 unspecified atom stereocenters. The number of fused-ring (bicyclic) bond motifs is 1. The van der Waals surface area contributed by atoms with Crippen molar-refractivity contribution in [1.82, 2.24) is 5.32 Å². The summed E-state index contributed by atoms with van der Waals surface area (Å²) in [6.07, 6.45) is 0. The van der Waals surface area contributed by atoms with Crippen LogP contribution >= 0.6 is 0 Å². The van der Waals surface area contributed by atoms with E-state index in [1.165, 1.54) is 0 Å². The van der Waals surface area contributed by atoms with Crippen LogP contribution in [0.4, 0.5) is 5.69 Å². The van der Waals surface area contributed by atoms with Crippen molar-refractivity contribution in [2.75, 3.05) is 11.9 Å². The van der Waals surface area contributed by atoms with Crippen LogP contribution in [0.1, 0.15) is 39.2 Å². The Kier molecular flexibility index (Phi) is 2.47. The molecule has 3 nitrogen and oxygen atoms in total. The van der Waals surface area contributed by atoms with Gasteiger partial charge in [0.15, 0.2) is 0 Å². The highest BCUT2D eigenvalue weighted by Gasteiger charge is 2.65. The standard InChI is InChI=1S/C16H22N2O/c1-15(2)14(16(15,3)4)18-13(19)11-9-17-12-8-6-5-7-10(11)12/h5-8,11,14,17H,9H2,1-4H3,(H,18,19). The summed E-state index contributed by atoms with van der Waals surface area (Å²) in [6, 6.07) is 8.35. The van der Waals surface area contributed by atoms with Crippen LogP contribution in [0.25, 0.3) is 0 Å². The lowest BCUT2D eigenvalue weighted by atomic mass is 10.0. The number of carbonyl (C=O) groups is 1. The first kappa shape index (κ1) is 12.5. The maximum atomic E-state index is 12.5. The first-order chi connectivity index (χ1) is 8.85. The van der Waals surface area contributed by atoms with Crippen LogP contribution in [0.3, 0.4) is 0 Å². The molecule has 1 fully saturated rings. The second-order valence-corrected chi connectivity index (χ2v) is 6.91. The van der Waals surface area contributed by atoms with E-state index in [0.717, 1.165) is 11.3 Å². The lowest BCUT2D eigenvalue weighted by molar-refractivity contribution is -0.122. The van der Waals surface area contributed by atoms with E-state index in [2.05, 4.69) is 38.3 Å². The predicted molar refractivity (Wildman–Crippen MR) is 77.2 cm³/mol. The largest absolute Gasteiger partial charge is 0.384 e. The molecule has 0 saturated heterocycles. The fraction of sp³-hybridized carbons (Fsp3) is 0.562. The number of amides is 1. The van der Waals surface area contributed by atoms with Crippen LogP contribution in [0.2, 0.25) is 0 Å². The van der Waals surface area contributed by atoms with Gasteiger partial charge in [0.05, 0.1) is 5.92 Å². The average molecular weight is 258 g/mol. The van der Waals surface area contributed by atoms with Gasteiger partial charge in [-0.25, -0.2) is 0 Å².